The Kier molecular flexibility index (Phi) is 7.42. The van der Waals surface area contributed by atoms with E-state index in [1.807, 2.05) is 0 Å². The van der Waals surface area contributed by atoms with Crippen molar-refractivity contribution in [1.82, 2.24) is 0 Å². The topological polar surface area (TPSA) is 9.23 Å². The fraction of sp³-hybridized carbons (Fsp3) is 0.455. The lowest BCUT2D eigenvalue weighted by Crippen LogP contribution is -1.94. The molecule has 0 aromatic heterocycles. The molecule has 0 saturated heterocycles. The first-order valence-corrected chi connectivity index (χ1v) is 4.12. The Morgan fingerprint density at radius 3 is 2.83 bits per heavy atom. The molecule has 66 valence electrons. The third-order valence-corrected chi connectivity index (χ3v) is 1.51. The van der Waals surface area contributed by atoms with Crippen molar-refractivity contribution < 1.29 is 4.74 Å². The van der Waals surface area contributed by atoms with Crippen LogP contribution in [-0.2, 0) is 4.74 Å². The van der Waals surface area contributed by atoms with E-state index in [4.69, 9.17) is 11.2 Å². The van der Waals surface area contributed by atoms with Crippen LogP contribution in [0.2, 0.25) is 0 Å². The molecule has 0 rings (SSSR count). The van der Waals surface area contributed by atoms with Crippen molar-refractivity contribution in [2.24, 2.45) is 0 Å². The van der Waals surface area contributed by atoms with Crippen molar-refractivity contribution in [3.05, 3.63) is 24.8 Å². The Labute approximate surface area is 75.1 Å². The molecule has 1 nitrogen and oxygen atoms in total. The van der Waals surface area contributed by atoms with E-state index in [0.717, 1.165) is 31.4 Å². The highest BCUT2D eigenvalue weighted by atomic mass is 16.5. The predicted octanol–water partition coefficient (Wildman–Crippen LogP) is 2.55. The van der Waals surface area contributed by atoms with Crippen LogP contribution < -0.4 is 0 Å². The Bertz CT molecular complexity index is 174. The molecule has 12 heavy (non-hydrogen) atoms. The van der Waals surface area contributed by atoms with Crippen LogP contribution in [0.1, 0.15) is 19.3 Å². The fourth-order valence-electron chi connectivity index (χ4n) is 0.789. The Morgan fingerprint density at radius 2 is 2.25 bits per heavy atom. The minimum Gasteiger partial charge on any atom is -0.369 e. The van der Waals surface area contributed by atoms with Crippen molar-refractivity contribution in [1.29, 1.82) is 0 Å². The summed E-state index contributed by atoms with van der Waals surface area (Å²) in [6, 6.07) is 0. The smallest absolute Gasteiger partial charge is 0.107 e. The van der Waals surface area contributed by atoms with Crippen LogP contribution >= 0.6 is 0 Å². The zero-order chi connectivity index (χ0) is 9.23. The highest BCUT2D eigenvalue weighted by molar-refractivity contribution is 5.10. The van der Waals surface area contributed by atoms with E-state index in [9.17, 15) is 0 Å². The normalized spacial score (nSPS) is 8.92. The first-order chi connectivity index (χ1) is 5.81. The lowest BCUT2D eigenvalue weighted by atomic mass is 10.1. The molecule has 0 saturated carbocycles. The monoisotopic (exact) mass is 164 g/mol. The molecule has 0 spiro atoms. The SMILES string of the molecule is C#CCOCCCCC(=C)C=C. The molecule has 0 amide bonds. The molecule has 1 heteroatoms. The molecule has 0 aliphatic rings. The van der Waals surface area contributed by atoms with E-state index in [1.54, 1.807) is 6.08 Å². The summed E-state index contributed by atoms with van der Waals surface area (Å²) in [5.41, 5.74) is 1.09. The van der Waals surface area contributed by atoms with E-state index in [0.29, 0.717) is 6.61 Å². The maximum atomic E-state index is 5.11. The Morgan fingerprint density at radius 1 is 1.50 bits per heavy atom. The van der Waals surface area contributed by atoms with Crippen molar-refractivity contribution in [2.45, 2.75) is 19.3 Å². The van der Waals surface area contributed by atoms with Crippen LogP contribution in [-0.4, -0.2) is 13.2 Å². The summed E-state index contributed by atoms with van der Waals surface area (Å²) in [7, 11) is 0. The van der Waals surface area contributed by atoms with Gasteiger partial charge in [-0.3, -0.25) is 0 Å². The van der Waals surface area contributed by atoms with E-state index in [-0.39, 0.29) is 0 Å². The third kappa shape index (κ3) is 7.11. The van der Waals surface area contributed by atoms with Gasteiger partial charge in [-0.2, -0.15) is 0 Å². The van der Waals surface area contributed by atoms with Gasteiger partial charge in [-0.05, 0) is 19.3 Å². The molecule has 0 aliphatic heterocycles. The van der Waals surface area contributed by atoms with Crippen LogP contribution in [0.15, 0.2) is 24.8 Å². The molecule has 0 heterocycles. The number of terminal acetylenes is 1. The quantitative estimate of drug-likeness (QED) is 0.319. The summed E-state index contributed by atoms with van der Waals surface area (Å²) >= 11 is 0. The molecular weight excluding hydrogens is 148 g/mol. The molecule has 0 fully saturated rings. The average molecular weight is 164 g/mol. The number of ether oxygens (including phenoxy) is 1. The van der Waals surface area contributed by atoms with Gasteiger partial charge in [0.25, 0.3) is 0 Å². The van der Waals surface area contributed by atoms with Gasteiger partial charge >= 0.3 is 0 Å². The largest absolute Gasteiger partial charge is 0.369 e. The molecule has 0 unspecified atom stereocenters. The van der Waals surface area contributed by atoms with Crippen molar-refractivity contribution in [3.63, 3.8) is 0 Å². The second kappa shape index (κ2) is 8.10. The number of hydrogen-bond acceptors (Lipinski definition) is 1. The van der Waals surface area contributed by atoms with E-state index < -0.39 is 0 Å². The molecule has 0 aromatic rings. The maximum absolute atomic E-state index is 5.11. The van der Waals surface area contributed by atoms with Crippen LogP contribution in [0.3, 0.4) is 0 Å². The van der Waals surface area contributed by atoms with Gasteiger partial charge in [-0.25, -0.2) is 0 Å². The summed E-state index contributed by atoms with van der Waals surface area (Å²) < 4.78 is 5.11. The second-order valence-corrected chi connectivity index (χ2v) is 2.58. The number of unbranched alkanes of at least 4 members (excludes halogenated alkanes) is 1. The van der Waals surface area contributed by atoms with Crippen LogP contribution in [0, 0.1) is 12.3 Å². The van der Waals surface area contributed by atoms with Gasteiger partial charge in [-0.15, -0.1) is 6.42 Å². The molecule has 0 atom stereocenters. The van der Waals surface area contributed by atoms with E-state index in [1.165, 1.54) is 0 Å². The van der Waals surface area contributed by atoms with Crippen LogP contribution in [0.25, 0.3) is 0 Å². The molecule has 0 aromatic carbocycles. The molecule has 0 radical (unpaired) electrons. The molecular formula is C11H16O. The van der Waals surface area contributed by atoms with Crippen LogP contribution in [0.5, 0.6) is 0 Å². The van der Waals surface area contributed by atoms with Gasteiger partial charge in [-0.1, -0.05) is 30.7 Å². The summed E-state index contributed by atoms with van der Waals surface area (Å²) in [5.74, 6) is 2.42. The molecule has 0 aliphatic carbocycles. The second-order valence-electron chi connectivity index (χ2n) is 2.58. The van der Waals surface area contributed by atoms with Gasteiger partial charge in [0, 0.05) is 6.61 Å². The fourth-order valence-corrected chi connectivity index (χ4v) is 0.789. The molecule has 0 bridgehead atoms. The summed E-state index contributed by atoms with van der Waals surface area (Å²) in [5, 5.41) is 0. The van der Waals surface area contributed by atoms with Gasteiger partial charge in [0.05, 0.1) is 0 Å². The molecule has 0 N–H and O–H groups in total. The van der Waals surface area contributed by atoms with Crippen molar-refractivity contribution in [3.8, 4) is 12.3 Å². The lowest BCUT2D eigenvalue weighted by molar-refractivity contribution is 0.162. The van der Waals surface area contributed by atoms with Gasteiger partial charge in [0.15, 0.2) is 0 Å². The third-order valence-electron chi connectivity index (χ3n) is 1.51. The van der Waals surface area contributed by atoms with Gasteiger partial charge in [0.2, 0.25) is 0 Å². The summed E-state index contributed by atoms with van der Waals surface area (Å²) in [4.78, 5) is 0. The minimum absolute atomic E-state index is 0.419. The van der Waals surface area contributed by atoms with Crippen molar-refractivity contribution >= 4 is 0 Å². The number of rotatable bonds is 7. The van der Waals surface area contributed by atoms with E-state index in [2.05, 4.69) is 19.1 Å². The zero-order valence-corrected chi connectivity index (χ0v) is 7.51. The lowest BCUT2D eigenvalue weighted by Gasteiger charge is -2.00. The van der Waals surface area contributed by atoms with Crippen molar-refractivity contribution in [2.75, 3.05) is 13.2 Å². The Balaban J connectivity index is 3.06. The average Bonchev–Trinajstić information content (AvgIpc) is 2.10. The number of allylic oxidation sites excluding steroid dienone is 2. The number of hydrogen-bond donors (Lipinski definition) is 0. The van der Waals surface area contributed by atoms with E-state index >= 15 is 0 Å². The highest BCUT2D eigenvalue weighted by Gasteiger charge is 1.90. The first kappa shape index (κ1) is 11.0. The summed E-state index contributed by atoms with van der Waals surface area (Å²) in [6.07, 6.45) is 9.94. The predicted molar refractivity (Wildman–Crippen MR) is 52.8 cm³/mol. The highest BCUT2D eigenvalue weighted by Crippen LogP contribution is 2.05. The first-order valence-electron chi connectivity index (χ1n) is 4.12. The standard InChI is InChI=1S/C11H16O/c1-4-9-12-10-7-6-8-11(3)5-2/h1,5H,2-3,6-10H2. The summed E-state index contributed by atoms with van der Waals surface area (Å²) in [6.45, 7) is 8.61. The van der Waals surface area contributed by atoms with Gasteiger partial charge < -0.3 is 4.74 Å². The van der Waals surface area contributed by atoms with Crippen LogP contribution in [0.4, 0.5) is 0 Å². The zero-order valence-electron chi connectivity index (χ0n) is 7.51. The maximum Gasteiger partial charge on any atom is 0.107 e. The Hall–Kier alpha value is -1.00. The van der Waals surface area contributed by atoms with Gasteiger partial charge in [0.1, 0.15) is 6.61 Å². The minimum atomic E-state index is 0.419.